The van der Waals surface area contributed by atoms with E-state index in [0.717, 1.165) is 47.8 Å². The van der Waals surface area contributed by atoms with Gasteiger partial charge >= 0.3 is 0 Å². The van der Waals surface area contributed by atoms with Crippen LogP contribution in [0.3, 0.4) is 0 Å². The highest BCUT2D eigenvalue weighted by Crippen LogP contribution is 2.26. The highest BCUT2D eigenvalue weighted by Gasteiger charge is 2.15. The third-order valence-corrected chi connectivity index (χ3v) is 5.54. The molecule has 1 heterocycles. The first-order valence-corrected chi connectivity index (χ1v) is 10.7. The quantitative estimate of drug-likeness (QED) is 0.484. The molecule has 0 aliphatic heterocycles. The lowest BCUT2D eigenvalue weighted by atomic mass is 10.1. The van der Waals surface area contributed by atoms with Crippen molar-refractivity contribution in [1.82, 2.24) is 14.5 Å². The van der Waals surface area contributed by atoms with Gasteiger partial charge in [0.1, 0.15) is 11.5 Å². The molecular formula is C24H30N4O2S. The number of nitrogens with one attached hydrogen (secondary N) is 1. The zero-order chi connectivity index (χ0) is 22.2. The molecule has 0 saturated carbocycles. The van der Waals surface area contributed by atoms with Crippen molar-refractivity contribution >= 4 is 23.0 Å². The third-order valence-electron chi connectivity index (χ3n) is 5.18. The molecule has 0 spiro atoms. The zero-order valence-electron chi connectivity index (χ0n) is 18.6. The van der Waals surface area contributed by atoms with E-state index in [-0.39, 0.29) is 0 Å². The van der Waals surface area contributed by atoms with Gasteiger partial charge in [0, 0.05) is 49.3 Å². The molecule has 0 bridgehead atoms. The predicted molar refractivity (Wildman–Crippen MR) is 129 cm³/mol. The molecule has 3 aromatic rings. The highest BCUT2D eigenvalue weighted by atomic mass is 32.1. The Balaban J connectivity index is 1.78. The number of anilines is 1. The molecule has 1 N–H and O–H groups in total. The van der Waals surface area contributed by atoms with Crippen molar-refractivity contribution in [2.24, 2.45) is 0 Å². The van der Waals surface area contributed by atoms with Crippen LogP contribution >= 0.6 is 12.2 Å². The maximum Gasteiger partial charge on any atom is 0.173 e. The van der Waals surface area contributed by atoms with Crippen LogP contribution in [0.4, 0.5) is 5.69 Å². The largest absolute Gasteiger partial charge is 0.497 e. The van der Waals surface area contributed by atoms with E-state index in [9.17, 15) is 0 Å². The summed E-state index contributed by atoms with van der Waals surface area (Å²) in [6.07, 6.45) is 6.54. The fourth-order valence-corrected chi connectivity index (χ4v) is 3.63. The van der Waals surface area contributed by atoms with Gasteiger partial charge in [0.05, 0.1) is 20.5 Å². The number of ether oxygens (including phenoxy) is 2. The first kappa shape index (κ1) is 22.6. The smallest absolute Gasteiger partial charge is 0.173 e. The molecule has 0 radical (unpaired) electrons. The van der Waals surface area contributed by atoms with Gasteiger partial charge in [0.2, 0.25) is 0 Å². The standard InChI is InChI=1S/C24H30N4O2S/c1-18-6-7-19(2)22(14-18)26-24(31)28(12-5-11-27-13-10-25-17-27)16-20-8-9-21(29-3)15-23(20)30-4/h6-10,13-15,17H,5,11-12,16H2,1-4H3,(H,26,31). The van der Waals surface area contributed by atoms with E-state index >= 15 is 0 Å². The minimum absolute atomic E-state index is 0.633. The molecule has 0 atom stereocenters. The minimum Gasteiger partial charge on any atom is -0.497 e. The lowest BCUT2D eigenvalue weighted by molar-refractivity contribution is 0.366. The van der Waals surface area contributed by atoms with Gasteiger partial charge in [-0.15, -0.1) is 0 Å². The maximum atomic E-state index is 5.83. The lowest BCUT2D eigenvalue weighted by Crippen LogP contribution is -2.35. The Kier molecular flexibility index (Phi) is 7.89. The SMILES string of the molecule is COc1ccc(CN(CCCn2ccnc2)C(=S)Nc2cc(C)ccc2C)c(OC)c1. The number of rotatable bonds is 9. The summed E-state index contributed by atoms with van der Waals surface area (Å²) in [5.74, 6) is 1.55. The molecule has 2 aromatic carbocycles. The summed E-state index contributed by atoms with van der Waals surface area (Å²) in [5.41, 5.74) is 4.44. The van der Waals surface area contributed by atoms with Gasteiger partial charge < -0.3 is 24.3 Å². The van der Waals surface area contributed by atoms with Crippen LogP contribution < -0.4 is 14.8 Å². The van der Waals surface area contributed by atoms with Crippen LogP contribution in [-0.2, 0) is 13.1 Å². The van der Waals surface area contributed by atoms with Crippen LogP contribution in [0, 0.1) is 13.8 Å². The zero-order valence-corrected chi connectivity index (χ0v) is 19.4. The lowest BCUT2D eigenvalue weighted by Gasteiger charge is -2.27. The van der Waals surface area contributed by atoms with Gasteiger partial charge in [0.25, 0.3) is 0 Å². The number of imidazole rings is 1. The average molecular weight is 439 g/mol. The highest BCUT2D eigenvalue weighted by molar-refractivity contribution is 7.80. The molecule has 0 fully saturated rings. The Hall–Kier alpha value is -3.06. The van der Waals surface area contributed by atoms with Crippen molar-refractivity contribution in [3.63, 3.8) is 0 Å². The number of methoxy groups -OCH3 is 2. The fourth-order valence-electron chi connectivity index (χ4n) is 3.37. The minimum atomic E-state index is 0.633. The van der Waals surface area contributed by atoms with E-state index in [2.05, 4.69) is 51.8 Å². The van der Waals surface area contributed by atoms with Crippen molar-refractivity contribution < 1.29 is 9.47 Å². The molecule has 0 aliphatic carbocycles. The Morgan fingerprint density at radius 3 is 2.68 bits per heavy atom. The van der Waals surface area contributed by atoms with Crippen LogP contribution in [-0.4, -0.2) is 40.3 Å². The first-order valence-electron chi connectivity index (χ1n) is 10.3. The normalized spacial score (nSPS) is 10.6. The van der Waals surface area contributed by atoms with Crippen molar-refractivity contribution in [2.45, 2.75) is 33.4 Å². The third kappa shape index (κ3) is 6.21. The molecular weight excluding hydrogens is 408 g/mol. The van der Waals surface area contributed by atoms with Crippen molar-refractivity contribution in [3.05, 3.63) is 71.8 Å². The Labute approximate surface area is 189 Å². The van der Waals surface area contributed by atoms with Gasteiger partial charge in [-0.05, 0) is 61.8 Å². The number of aromatic nitrogens is 2. The van der Waals surface area contributed by atoms with Crippen molar-refractivity contribution in [1.29, 1.82) is 0 Å². The molecule has 164 valence electrons. The van der Waals surface area contributed by atoms with Gasteiger partial charge in [-0.2, -0.15) is 0 Å². The molecule has 3 rings (SSSR count). The van der Waals surface area contributed by atoms with E-state index in [4.69, 9.17) is 21.7 Å². The Morgan fingerprint density at radius 1 is 1.13 bits per heavy atom. The maximum absolute atomic E-state index is 5.83. The summed E-state index contributed by atoms with van der Waals surface area (Å²) in [7, 11) is 3.33. The number of thiocarbonyl (C=S) groups is 1. The second-order valence-electron chi connectivity index (χ2n) is 7.50. The molecule has 0 saturated heterocycles. The number of aryl methyl sites for hydroxylation is 3. The van der Waals surface area contributed by atoms with Crippen LogP contribution in [0.2, 0.25) is 0 Å². The summed E-state index contributed by atoms with van der Waals surface area (Å²) in [4.78, 5) is 6.30. The molecule has 7 heteroatoms. The number of benzene rings is 2. The van der Waals surface area contributed by atoms with Crippen LogP contribution in [0.5, 0.6) is 11.5 Å². The molecule has 6 nitrogen and oxygen atoms in total. The van der Waals surface area contributed by atoms with Gasteiger partial charge in [-0.1, -0.05) is 12.1 Å². The van der Waals surface area contributed by atoms with Crippen molar-refractivity contribution in [3.8, 4) is 11.5 Å². The monoisotopic (exact) mass is 438 g/mol. The van der Waals surface area contributed by atoms with Crippen molar-refractivity contribution in [2.75, 3.05) is 26.1 Å². The average Bonchev–Trinajstić information content (AvgIpc) is 3.29. The van der Waals surface area contributed by atoms with Crippen LogP contribution in [0.15, 0.2) is 55.1 Å². The first-order chi connectivity index (χ1) is 15.0. The second-order valence-corrected chi connectivity index (χ2v) is 7.89. The summed E-state index contributed by atoms with van der Waals surface area (Å²) >= 11 is 5.83. The van der Waals surface area contributed by atoms with E-state index in [1.165, 1.54) is 5.56 Å². The summed E-state index contributed by atoms with van der Waals surface area (Å²) in [5, 5.41) is 4.14. The molecule has 0 unspecified atom stereocenters. The topological polar surface area (TPSA) is 51.5 Å². The van der Waals surface area contributed by atoms with E-state index in [1.807, 2.05) is 30.7 Å². The number of nitrogens with zero attached hydrogens (tertiary/aromatic N) is 3. The second kappa shape index (κ2) is 10.8. The molecule has 31 heavy (non-hydrogen) atoms. The molecule has 0 aliphatic rings. The van der Waals surface area contributed by atoms with E-state index in [0.29, 0.717) is 11.7 Å². The van der Waals surface area contributed by atoms with Gasteiger partial charge in [-0.3, -0.25) is 0 Å². The van der Waals surface area contributed by atoms with Crippen LogP contribution in [0.1, 0.15) is 23.1 Å². The van der Waals surface area contributed by atoms with Gasteiger partial charge in [0.15, 0.2) is 5.11 Å². The fraction of sp³-hybridized carbons (Fsp3) is 0.333. The predicted octanol–water partition coefficient (Wildman–Crippen LogP) is 4.81. The Bertz CT molecular complexity index is 1000. The van der Waals surface area contributed by atoms with Gasteiger partial charge in [-0.25, -0.2) is 4.98 Å². The summed E-state index contributed by atoms with van der Waals surface area (Å²) in [6, 6.07) is 12.2. The van der Waals surface area contributed by atoms with E-state index in [1.54, 1.807) is 20.4 Å². The Morgan fingerprint density at radius 2 is 1.97 bits per heavy atom. The summed E-state index contributed by atoms with van der Waals surface area (Å²) in [6.45, 7) is 6.47. The van der Waals surface area contributed by atoms with Crippen LogP contribution in [0.25, 0.3) is 0 Å². The molecule has 1 aromatic heterocycles. The number of hydrogen-bond acceptors (Lipinski definition) is 4. The van der Waals surface area contributed by atoms with E-state index < -0.39 is 0 Å². The summed E-state index contributed by atoms with van der Waals surface area (Å²) < 4.78 is 13.0. The number of hydrogen-bond donors (Lipinski definition) is 1. The molecule has 0 amide bonds.